The number of benzene rings is 1. The Morgan fingerprint density at radius 2 is 2.36 bits per heavy atom. The summed E-state index contributed by atoms with van der Waals surface area (Å²) in [4.78, 5) is 0. The molecule has 1 aromatic carbocycles. The van der Waals surface area contributed by atoms with E-state index in [0.717, 1.165) is 19.3 Å². The zero-order valence-electron chi connectivity index (χ0n) is 8.29. The third kappa shape index (κ3) is 1.01. The Morgan fingerprint density at radius 3 is 3.21 bits per heavy atom. The van der Waals surface area contributed by atoms with E-state index in [1.165, 1.54) is 11.1 Å². The highest BCUT2D eigenvalue weighted by atomic mass is 16.5. The molecule has 1 N–H and O–H groups in total. The van der Waals surface area contributed by atoms with Gasteiger partial charge in [-0.25, -0.2) is 0 Å². The topological polar surface area (TPSA) is 29.5 Å². The number of fused-ring (bicyclic) bond motifs is 4. The van der Waals surface area contributed by atoms with Crippen molar-refractivity contribution in [2.24, 2.45) is 0 Å². The number of ether oxygens (including phenoxy) is 1. The molecule has 0 spiro atoms. The van der Waals surface area contributed by atoms with Crippen molar-refractivity contribution in [2.75, 3.05) is 0 Å². The summed E-state index contributed by atoms with van der Waals surface area (Å²) < 4.78 is 5.97. The lowest BCUT2D eigenvalue weighted by Crippen LogP contribution is -2.29. The molecule has 2 aliphatic heterocycles. The molecule has 0 amide bonds. The van der Waals surface area contributed by atoms with Crippen LogP contribution in [0.1, 0.15) is 30.9 Å². The highest BCUT2D eigenvalue weighted by Gasteiger charge is 2.42. The van der Waals surface area contributed by atoms with Gasteiger partial charge in [0.2, 0.25) is 0 Å². The molecule has 74 valence electrons. The van der Waals surface area contributed by atoms with Gasteiger partial charge in [0.25, 0.3) is 0 Å². The smallest absolute Gasteiger partial charge is 0.115 e. The summed E-state index contributed by atoms with van der Waals surface area (Å²) in [7, 11) is 0. The molecule has 14 heavy (non-hydrogen) atoms. The first-order valence-electron chi connectivity index (χ1n) is 5.18. The second-order valence-corrected chi connectivity index (χ2v) is 4.55. The first-order chi connectivity index (χ1) is 6.67. The van der Waals surface area contributed by atoms with Crippen molar-refractivity contribution >= 4 is 0 Å². The molecule has 2 atom stereocenters. The van der Waals surface area contributed by atoms with Crippen LogP contribution in [0.2, 0.25) is 0 Å². The SMILES string of the molecule is CC12CCC(Cc3cc(O)ccc31)O2. The molecular formula is C12H14O2. The Balaban J connectivity index is 2.18. The summed E-state index contributed by atoms with van der Waals surface area (Å²) in [6, 6.07) is 5.65. The summed E-state index contributed by atoms with van der Waals surface area (Å²) in [6.45, 7) is 2.15. The number of phenolic OH excluding ortho intramolecular Hbond substituents is 1. The van der Waals surface area contributed by atoms with Gasteiger partial charge in [0.15, 0.2) is 0 Å². The number of hydrogen-bond donors (Lipinski definition) is 1. The molecule has 2 heteroatoms. The quantitative estimate of drug-likeness (QED) is 0.680. The molecule has 2 nitrogen and oxygen atoms in total. The maximum Gasteiger partial charge on any atom is 0.115 e. The number of aromatic hydroxyl groups is 1. The van der Waals surface area contributed by atoms with E-state index < -0.39 is 0 Å². The Morgan fingerprint density at radius 1 is 1.50 bits per heavy atom. The lowest BCUT2D eigenvalue weighted by atomic mass is 9.89. The van der Waals surface area contributed by atoms with E-state index in [9.17, 15) is 5.11 Å². The van der Waals surface area contributed by atoms with Crippen LogP contribution in [-0.4, -0.2) is 11.2 Å². The van der Waals surface area contributed by atoms with Crippen LogP contribution in [0, 0.1) is 0 Å². The average molecular weight is 190 g/mol. The fourth-order valence-corrected chi connectivity index (χ4v) is 2.77. The van der Waals surface area contributed by atoms with E-state index in [4.69, 9.17) is 4.74 Å². The van der Waals surface area contributed by atoms with Gasteiger partial charge in [-0.2, -0.15) is 0 Å². The molecule has 2 heterocycles. The molecule has 1 aromatic rings. The lowest BCUT2D eigenvalue weighted by molar-refractivity contribution is -0.0438. The molecule has 2 aliphatic rings. The van der Waals surface area contributed by atoms with Crippen LogP contribution >= 0.6 is 0 Å². The van der Waals surface area contributed by atoms with Crippen LogP contribution in [0.25, 0.3) is 0 Å². The lowest BCUT2D eigenvalue weighted by Gasteiger charge is -2.32. The average Bonchev–Trinajstić information content (AvgIpc) is 2.43. The van der Waals surface area contributed by atoms with E-state index in [0.29, 0.717) is 11.9 Å². The molecule has 3 rings (SSSR count). The van der Waals surface area contributed by atoms with Crippen LogP contribution in [0.3, 0.4) is 0 Å². The van der Waals surface area contributed by atoms with Crippen molar-refractivity contribution in [3.63, 3.8) is 0 Å². The number of phenols is 1. The van der Waals surface area contributed by atoms with Gasteiger partial charge in [0, 0.05) is 0 Å². The van der Waals surface area contributed by atoms with Crippen LogP contribution < -0.4 is 0 Å². The predicted octanol–water partition coefficient (Wildman–Crippen LogP) is 2.34. The minimum atomic E-state index is -0.0913. The van der Waals surface area contributed by atoms with Gasteiger partial charge in [0.1, 0.15) is 5.75 Å². The predicted molar refractivity (Wildman–Crippen MR) is 53.3 cm³/mol. The van der Waals surface area contributed by atoms with E-state index >= 15 is 0 Å². The van der Waals surface area contributed by atoms with Crippen LogP contribution in [0.5, 0.6) is 5.75 Å². The van der Waals surface area contributed by atoms with Crippen LogP contribution in [-0.2, 0) is 16.8 Å². The van der Waals surface area contributed by atoms with Crippen molar-refractivity contribution in [1.29, 1.82) is 0 Å². The zero-order chi connectivity index (χ0) is 9.76. The van der Waals surface area contributed by atoms with Gasteiger partial charge in [-0.15, -0.1) is 0 Å². The molecule has 0 saturated carbocycles. The fraction of sp³-hybridized carbons (Fsp3) is 0.500. The third-order valence-electron chi connectivity index (χ3n) is 3.48. The van der Waals surface area contributed by atoms with Gasteiger partial charge >= 0.3 is 0 Å². The van der Waals surface area contributed by atoms with Crippen molar-refractivity contribution < 1.29 is 9.84 Å². The van der Waals surface area contributed by atoms with Crippen LogP contribution in [0.15, 0.2) is 18.2 Å². The van der Waals surface area contributed by atoms with E-state index in [2.05, 4.69) is 6.92 Å². The van der Waals surface area contributed by atoms with Crippen LogP contribution in [0.4, 0.5) is 0 Å². The first kappa shape index (κ1) is 8.30. The molecule has 1 saturated heterocycles. The van der Waals surface area contributed by atoms with E-state index in [1.54, 1.807) is 6.07 Å². The van der Waals surface area contributed by atoms with Crippen molar-refractivity contribution in [3.8, 4) is 5.75 Å². The largest absolute Gasteiger partial charge is 0.508 e. The summed E-state index contributed by atoms with van der Waals surface area (Å²) in [5, 5.41) is 9.42. The van der Waals surface area contributed by atoms with Crippen molar-refractivity contribution in [3.05, 3.63) is 29.3 Å². The fourth-order valence-electron chi connectivity index (χ4n) is 2.77. The minimum Gasteiger partial charge on any atom is -0.508 e. The number of hydrogen-bond acceptors (Lipinski definition) is 2. The van der Waals surface area contributed by atoms with Gasteiger partial charge in [-0.05, 0) is 49.4 Å². The standard InChI is InChI=1S/C12H14O2/c1-12-5-4-10(14-12)7-8-6-9(13)2-3-11(8)12/h2-3,6,10,13H,4-5,7H2,1H3. The number of rotatable bonds is 0. The highest BCUT2D eigenvalue weighted by Crippen LogP contribution is 2.46. The summed E-state index contributed by atoms with van der Waals surface area (Å²) in [5.74, 6) is 0.369. The summed E-state index contributed by atoms with van der Waals surface area (Å²) >= 11 is 0. The molecular weight excluding hydrogens is 176 g/mol. The van der Waals surface area contributed by atoms with E-state index in [-0.39, 0.29) is 5.60 Å². The maximum absolute atomic E-state index is 9.42. The minimum absolute atomic E-state index is 0.0913. The van der Waals surface area contributed by atoms with Gasteiger partial charge in [0.05, 0.1) is 11.7 Å². The normalized spacial score (nSPS) is 34.2. The zero-order valence-corrected chi connectivity index (χ0v) is 8.29. The summed E-state index contributed by atoms with van der Waals surface area (Å²) in [6.07, 6.45) is 3.58. The van der Waals surface area contributed by atoms with Gasteiger partial charge in [-0.1, -0.05) is 6.07 Å². The molecule has 1 fully saturated rings. The second-order valence-electron chi connectivity index (χ2n) is 4.55. The molecule has 2 bridgehead atoms. The van der Waals surface area contributed by atoms with Gasteiger partial charge in [-0.3, -0.25) is 0 Å². The third-order valence-corrected chi connectivity index (χ3v) is 3.48. The molecule has 2 unspecified atom stereocenters. The molecule has 0 aromatic heterocycles. The summed E-state index contributed by atoms with van der Waals surface area (Å²) in [5.41, 5.74) is 2.44. The van der Waals surface area contributed by atoms with E-state index in [1.807, 2.05) is 12.1 Å². The maximum atomic E-state index is 9.42. The van der Waals surface area contributed by atoms with Gasteiger partial charge < -0.3 is 9.84 Å². The Kier molecular flexibility index (Phi) is 1.49. The van der Waals surface area contributed by atoms with Crippen molar-refractivity contribution in [2.45, 2.75) is 37.9 Å². The van der Waals surface area contributed by atoms with Crippen molar-refractivity contribution in [1.82, 2.24) is 0 Å². The molecule has 0 radical (unpaired) electrons. The Bertz CT molecular complexity index is 386. The second kappa shape index (κ2) is 2.51. The Hall–Kier alpha value is -1.02. The Labute approximate surface area is 83.5 Å². The monoisotopic (exact) mass is 190 g/mol. The first-order valence-corrected chi connectivity index (χ1v) is 5.18. The molecule has 0 aliphatic carbocycles. The highest BCUT2D eigenvalue weighted by molar-refractivity contribution is 5.41.